The predicted octanol–water partition coefficient (Wildman–Crippen LogP) is 12.8. The highest BCUT2D eigenvalue weighted by Crippen LogP contribution is 2.70. The molecular formula is C57H44N4. The zero-order valence-corrected chi connectivity index (χ0v) is 34.0. The molecule has 1 heterocycles. The Bertz CT molecular complexity index is 2920. The Morgan fingerprint density at radius 1 is 0.393 bits per heavy atom. The first kappa shape index (κ1) is 35.9. The van der Waals surface area contributed by atoms with E-state index in [9.17, 15) is 5.26 Å². The van der Waals surface area contributed by atoms with Gasteiger partial charge in [0.05, 0.1) is 17.0 Å². The fourth-order valence-electron chi connectivity index (χ4n) is 12.7. The molecule has 0 atom stereocenters. The van der Waals surface area contributed by atoms with Gasteiger partial charge in [0.2, 0.25) is 0 Å². The summed E-state index contributed by atoms with van der Waals surface area (Å²) in [6.45, 7) is 0. The summed E-state index contributed by atoms with van der Waals surface area (Å²) in [4.78, 5) is 15.8. The van der Waals surface area contributed by atoms with Gasteiger partial charge in [0, 0.05) is 22.1 Å². The molecule has 4 saturated carbocycles. The number of nitriles is 1. The highest BCUT2D eigenvalue weighted by Gasteiger charge is 2.63. The van der Waals surface area contributed by atoms with Crippen molar-refractivity contribution in [3.63, 3.8) is 0 Å². The molecule has 5 aliphatic rings. The maximum atomic E-state index is 9.43. The van der Waals surface area contributed by atoms with Gasteiger partial charge in [0.15, 0.2) is 17.5 Å². The van der Waals surface area contributed by atoms with E-state index in [1.165, 1.54) is 65.5 Å². The lowest BCUT2D eigenvalue weighted by Crippen LogP contribution is -2.59. The Kier molecular flexibility index (Phi) is 8.29. The molecule has 292 valence electrons. The lowest BCUT2D eigenvalue weighted by Gasteiger charge is -2.65. The van der Waals surface area contributed by atoms with Crippen LogP contribution in [0.15, 0.2) is 182 Å². The molecule has 0 N–H and O–H groups in total. The summed E-state index contributed by atoms with van der Waals surface area (Å²) in [6, 6.07) is 67.9. The van der Waals surface area contributed by atoms with Gasteiger partial charge in [-0.05, 0) is 125 Å². The standard InChI is InChI=1S/C57H44N4/c58-36-37-23-25-40(26-24-37)42-15-12-16-43(34-42)54-59-53(41-13-4-1-5-14-41)60-55(61-54)44-27-28-51-52(35-44)56(45-17-6-2-7-18-45,46-19-8-3-9-20-46)49-21-10-11-22-50(49)57(51)47-30-38-29-39(32-47)33-48(57)31-38/h1-28,34-35,38-39,47-48H,29-33H2. The van der Waals surface area contributed by atoms with E-state index in [0.29, 0.717) is 34.9 Å². The van der Waals surface area contributed by atoms with Gasteiger partial charge in [-0.1, -0.05) is 158 Å². The first-order chi connectivity index (χ1) is 30.1. The van der Waals surface area contributed by atoms with Crippen LogP contribution in [0.2, 0.25) is 0 Å². The molecule has 1 spiro atoms. The van der Waals surface area contributed by atoms with Crippen molar-refractivity contribution >= 4 is 0 Å². The number of aromatic nitrogens is 3. The summed E-state index contributed by atoms with van der Waals surface area (Å²) in [5.74, 6) is 4.82. The van der Waals surface area contributed by atoms with E-state index in [1.807, 2.05) is 42.5 Å². The Morgan fingerprint density at radius 2 is 0.869 bits per heavy atom. The van der Waals surface area contributed by atoms with Crippen LogP contribution in [0, 0.1) is 35.0 Å². The molecule has 4 nitrogen and oxygen atoms in total. The largest absolute Gasteiger partial charge is 0.208 e. The van der Waals surface area contributed by atoms with Crippen molar-refractivity contribution < 1.29 is 0 Å². The van der Waals surface area contributed by atoms with Crippen molar-refractivity contribution in [3.8, 4) is 51.4 Å². The molecule has 0 radical (unpaired) electrons. The minimum atomic E-state index is -0.572. The minimum Gasteiger partial charge on any atom is -0.208 e. The molecule has 4 bridgehead atoms. The predicted molar refractivity (Wildman–Crippen MR) is 242 cm³/mol. The number of hydrogen-bond donors (Lipinski definition) is 0. The fourth-order valence-corrected chi connectivity index (χ4v) is 12.7. The molecular weight excluding hydrogens is 741 g/mol. The normalized spacial score (nSPS) is 22.6. The number of hydrogen-bond acceptors (Lipinski definition) is 4. The Balaban J connectivity index is 1.12. The van der Waals surface area contributed by atoms with E-state index in [1.54, 1.807) is 0 Å². The molecule has 1 aromatic heterocycles. The zero-order valence-electron chi connectivity index (χ0n) is 34.0. The van der Waals surface area contributed by atoms with Gasteiger partial charge in [-0.2, -0.15) is 5.26 Å². The maximum Gasteiger partial charge on any atom is 0.164 e. The average Bonchev–Trinajstić information content (AvgIpc) is 3.33. The van der Waals surface area contributed by atoms with Crippen LogP contribution >= 0.6 is 0 Å². The van der Waals surface area contributed by atoms with Gasteiger partial charge in [-0.15, -0.1) is 0 Å². The van der Waals surface area contributed by atoms with Gasteiger partial charge in [-0.3, -0.25) is 0 Å². The molecule has 61 heavy (non-hydrogen) atoms. The van der Waals surface area contributed by atoms with E-state index in [2.05, 4.69) is 146 Å². The van der Waals surface area contributed by atoms with Crippen LogP contribution in [-0.2, 0) is 10.8 Å². The molecule has 0 unspecified atom stereocenters. The van der Waals surface area contributed by atoms with Crippen molar-refractivity contribution in [2.45, 2.75) is 42.9 Å². The van der Waals surface area contributed by atoms with Crippen molar-refractivity contribution in [1.29, 1.82) is 5.26 Å². The van der Waals surface area contributed by atoms with Crippen molar-refractivity contribution in [2.24, 2.45) is 23.7 Å². The van der Waals surface area contributed by atoms with Crippen LogP contribution in [-0.4, -0.2) is 15.0 Å². The molecule has 7 aromatic carbocycles. The summed E-state index contributed by atoms with van der Waals surface area (Å²) < 4.78 is 0. The van der Waals surface area contributed by atoms with Crippen LogP contribution in [0.1, 0.15) is 71.0 Å². The monoisotopic (exact) mass is 784 g/mol. The summed E-state index contributed by atoms with van der Waals surface area (Å²) in [5, 5.41) is 9.43. The second kappa shape index (κ2) is 14.1. The van der Waals surface area contributed by atoms with E-state index >= 15 is 0 Å². The summed E-state index contributed by atoms with van der Waals surface area (Å²) in [5.41, 5.74) is 13.2. The summed E-state index contributed by atoms with van der Waals surface area (Å²) in [6.07, 6.45) is 6.66. The van der Waals surface area contributed by atoms with Crippen molar-refractivity contribution in [1.82, 2.24) is 15.0 Å². The number of nitrogens with zero attached hydrogens (tertiary/aromatic N) is 4. The van der Waals surface area contributed by atoms with Crippen LogP contribution in [0.3, 0.4) is 0 Å². The Labute approximate surface area is 357 Å². The van der Waals surface area contributed by atoms with E-state index in [4.69, 9.17) is 15.0 Å². The first-order valence-electron chi connectivity index (χ1n) is 21.9. The Hall–Kier alpha value is -6.96. The van der Waals surface area contributed by atoms with Crippen molar-refractivity contribution in [3.05, 3.63) is 221 Å². The van der Waals surface area contributed by atoms with Gasteiger partial charge in [-0.25, -0.2) is 15.0 Å². The van der Waals surface area contributed by atoms with Gasteiger partial charge < -0.3 is 0 Å². The lowest BCUT2D eigenvalue weighted by molar-refractivity contribution is -0.0440. The zero-order chi connectivity index (χ0) is 40.5. The average molecular weight is 785 g/mol. The first-order valence-corrected chi connectivity index (χ1v) is 21.9. The minimum absolute atomic E-state index is 0.0592. The lowest BCUT2D eigenvalue weighted by atomic mass is 9.38. The second-order valence-corrected chi connectivity index (χ2v) is 17.9. The maximum absolute atomic E-state index is 9.43. The molecule has 4 fully saturated rings. The third-order valence-electron chi connectivity index (χ3n) is 14.9. The molecule has 4 heteroatoms. The highest BCUT2D eigenvalue weighted by atomic mass is 15.0. The SMILES string of the molecule is N#Cc1ccc(-c2cccc(-c3nc(-c4ccccc4)nc(-c4ccc5c(c4)C(c4ccccc4)(c4ccccc4)c4ccccc4C54C5CC6CC(C5)CC4C6)n3)c2)cc1. The van der Waals surface area contributed by atoms with Gasteiger partial charge in [0.25, 0.3) is 0 Å². The second-order valence-electron chi connectivity index (χ2n) is 17.9. The molecule has 13 rings (SSSR count). The van der Waals surface area contributed by atoms with E-state index in [0.717, 1.165) is 39.7 Å². The van der Waals surface area contributed by atoms with E-state index < -0.39 is 5.41 Å². The van der Waals surface area contributed by atoms with Gasteiger partial charge >= 0.3 is 0 Å². The third-order valence-corrected chi connectivity index (χ3v) is 14.9. The topological polar surface area (TPSA) is 62.5 Å². The molecule has 0 saturated heterocycles. The highest BCUT2D eigenvalue weighted by molar-refractivity contribution is 5.76. The molecule has 0 aliphatic heterocycles. The number of benzene rings is 7. The van der Waals surface area contributed by atoms with E-state index in [-0.39, 0.29) is 5.41 Å². The van der Waals surface area contributed by atoms with Crippen LogP contribution in [0.25, 0.3) is 45.3 Å². The third kappa shape index (κ3) is 5.46. The molecule has 5 aliphatic carbocycles. The smallest absolute Gasteiger partial charge is 0.164 e. The van der Waals surface area contributed by atoms with Crippen LogP contribution in [0.5, 0.6) is 0 Å². The Morgan fingerprint density at radius 3 is 1.48 bits per heavy atom. The van der Waals surface area contributed by atoms with Crippen LogP contribution in [0.4, 0.5) is 0 Å². The molecule has 8 aromatic rings. The molecule has 0 amide bonds. The van der Waals surface area contributed by atoms with Crippen LogP contribution < -0.4 is 0 Å². The number of rotatable bonds is 6. The quantitative estimate of drug-likeness (QED) is 0.168. The number of fused-ring (bicyclic) bond motifs is 2. The summed E-state index contributed by atoms with van der Waals surface area (Å²) in [7, 11) is 0. The van der Waals surface area contributed by atoms with Gasteiger partial charge in [0.1, 0.15) is 0 Å². The van der Waals surface area contributed by atoms with Crippen molar-refractivity contribution in [2.75, 3.05) is 0 Å². The fraction of sp³-hybridized carbons (Fsp3) is 0.193. The summed E-state index contributed by atoms with van der Waals surface area (Å²) >= 11 is 0.